The Morgan fingerprint density at radius 2 is 1.52 bits per heavy atom. The Hall–Kier alpha value is -2.81. The van der Waals surface area contributed by atoms with Crippen molar-refractivity contribution in [1.29, 1.82) is 0 Å². The van der Waals surface area contributed by atoms with Crippen molar-refractivity contribution in [3.05, 3.63) is 100 Å². The van der Waals surface area contributed by atoms with E-state index in [0.29, 0.717) is 32.7 Å². The average Bonchev–Trinajstić information content (AvgIpc) is 3.14. The lowest BCUT2D eigenvalue weighted by atomic mass is 10.0. The number of furan rings is 1. The highest BCUT2D eigenvalue weighted by atomic mass is 35.5. The standard InChI is InChI=1S/C23H14Cl2O2/c24-19-9-4-10-20(25)23(19)22-14-12-16(27-22)11-13-21(26)18-8-3-6-15-5-1-2-7-17(15)18/h1-14H. The quantitative estimate of drug-likeness (QED) is 0.269. The number of hydrogen-bond acceptors (Lipinski definition) is 2. The number of benzene rings is 3. The highest BCUT2D eigenvalue weighted by Gasteiger charge is 2.12. The molecule has 4 rings (SSSR count). The Kier molecular flexibility index (Phi) is 4.85. The summed E-state index contributed by atoms with van der Waals surface area (Å²) in [5.41, 5.74) is 1.30. The maximum absolute atomic E-state index is 12.6. The number of rotatable bonds is 4. The van der Waals surface area contributed by atoms with Crippen LogP contribution in [0.1, 0.15) is 16.1 Å². The maximum atomic E-state index is 12.6. The van der Waals surface area contributed by atoms with E-state index < -0.39 is 0 Å². The van der Waals surface area contributed by atoms with Crippen molar-refractivity contribution < 1.29 is 9.21 Å². The van der Waals surface area contributed by atoms with E-state index in [0.717, 1.165) is 10.8 Å². The van der Waals surface area contributed by atoms with Gasteiger partial charge < -0.3 is 4.42 Å². The van der Waals surface area contributed by atoms with Crippen molar-refractivity contribution in [2.75, 3.05) is 0 Å². The van der Waals surface area contributed by atoms with Crippen LogP contribution in [0.2, 0.25) is 10.0 Å². The molecule has 0 saturated carbocycles. The van der Waals surface area contributed by atoms with Crippen LogP contribution in [-0.4, -0.2) is 5.78 Å². The molecule has 0 saturated heterocycles. The van der Waals surface area contributed by atoms with Gasteiger partial charge in [-0.3, -0.25) is 4.79 Å². The Morgan fingerprint density at radius 3 is 2.33 bits per heavy atom. The minimum Gasteiger partial charge on any atom is -0.457 e. The second-order valence-corrected chi connectivity index (χ2v) is 6.84. The number of ketones is 1. The molecule has 0 aliphatic heterocycles. The van der Waals surface area contributed by atoms with E-state index in [-0.39, 0.29) is 5.78 Å². The Labute approximate surface area is 166 Å². The summed E-state index contributed by atoms with van der Waals surface area (Å²) < 4.78 is 5.80. The van der Waals surface area contributed by atoms with E-state index in [1.807, 2.05) is 42.5 Å². The largest absolute Gasteiger partial charge is 0.457 e. The van der Waals surface area contributed by atoms with Crippen molar-refractivity contribution in [2.45, 2.75) is 0 Å². The van der Waals surface area contributed by atoms with Gasteiger partial charge in [-0.2, -0.15) is 0 Å². The molecule has 0 aliphatic rings. The topological polar surface area (TPSA) is 30.2 Å². The molecule has 0 atom stereocenters. The second-order valence-electron chi connectivity index (χ2n) is 6.02. The average molecular weight is 393 g/mol. The molecule has 4 aromatic rings. The lowest BCUT2D eigenvalue weighted by molar-refractivity contribution is 0.104. The van der Waals surface area contributed by atoms with Crippen LogP contribution in [0, 0.1) is 0 Å². The summed E-state index contributed by atoms with van der Waals surface area (Å²) in [6, 6.07) is 22.4. The first-order chi connectivity index (χ1) is 13.1. The number of fused-ring (bicyclic) bond motifs is 1. The summed E-state index contributed by atoms with van der Waals surface area (Å²) in [7, 11) is 0. The summed E-state index contributed by atoms with van der Waals surface area (Å²) in [5.74, 6) is 1.03. The molecule has 0 aliphatic carbocycles. The molecule has 132 valence electrons. The molecule has 2 nitrogen and oxygen atoms in total. The van der Waals surface area contributed by atoms with Gasteiger partial charge in [0.05, 0.1) is 15.6 Å². The number of carbonyl (C=O) groups excluding carboxylic acids is 1. The molecule has 4 heteroatoms. The van der Waals surface area contributed by atoms with Crippen LogP contribution < -0.4 is 0 Å². The van der Waals surface area contributed by atoms with E-state index in [1.54, 1.807) is 36.4 Å². The predicted octanol–water partition coefficient (Wildman–Crippen LogP) is 7.30. The normalized spacial score (nSPS) is 11.3. The summed E-state index contributed by atoms with van der Waals surface area (Å²) in [4.78, 5) is 12.6. The summed E-state index contributed by atoms with van der Waals surface area (Å²) in [6.07, 6.45) is 3.16. The summed E-state index contributed by atoms with van der Waals surface area (Å²) >= 11 is 12.4. The number of hydrogen-bond donors (Lipinski definition) is 0. The predicted molar refractivity (Wildman–Crippen MR) is 111 cm³/mol. The van der Waals surface area contributed by atoms with Gasteiger partial charge in [0.15, 0.2) is 5.78 Å². The van der Waals surface area contributed by atoms with Crippen LogP contribution in [0.3, 0.4) is 0 Å². The molecule has 0 N–H and O–H groups in total. The Morgan fingerprint density at radius 1 is 0.815 bits per heavy atom. The highest BCUT2D eigenvalue weighted by molar-refractivity contribution is 6.39. The van der Waals surface area contributed by atoms with Crippen molar-refractivity contribution in [1.82, 2.24) is 0 Å². The molecule has 3 aromatic carbocycles. The van der Waals surface area contributed by atoms with Crippen LogP contribution in [0.25, 0.3) is 28.2 Å². The molecule has 0 radical (unpaired) electrons. The number of allylic oxidation sites excluding steroid dienone is 1. The van der Waals surface area contributed by atoms with Gasteiger partial charge in [-0.1, -0.05) is 71.7 Å². The fourth-order valence-corrected chi connectivity index (χ4v) is 3.58. The van der Waals surface area contributed by atoms with Crippen LogP contribution in [0.15, 0.2) is 83.3 Å². The molecule has 0 amide bonds. The SMILES string of the molecule is O=C(C=Cc1ccc(-c2c(Cl)cccc2Cl)o1)c1cccc2ccccc12. The van der Waals surface area contributed by atoms with Crippen LogP contribution in [0.4, 0.5) is 0 Å². The summed E-state index contributed by atoms with van der Waals surface area (Å²) in [5, 5.41) is 2.99. The minimum atomic E-state index is -0.0828. The molecular formula is C23H14Cl2O2. The van der Waals surface area contributed by atoms with Crippen molar-refractivity contribution in [2.24, 2.45) is 0 Å². The van der Waals surface area contributed by atoms with Gasteiger partial charge >= 0.3 is 0 Å². The van der Waals surface area contributed by atoms with Gasteiger partial charge in [-0.25, -0.2) is 0 Å². The molecule has 0 unspecified atom stereocenters. The molecule has 0 bridgehead atoms. The van der Waals surface area contributed by atoms with E-state index in [4.69, 9.17) is 27.6 Å². The summed E-state index contributed by atoms with van der Waals surface area (Å²) in [6.45, 7) is 0. The fraction of sp³-hybridized carbons (Fsp3) is 0. The first kappa shape index (κ1) is 17.6. The lowest BCUT2D eigenvalue weighted by Gasteiger charge is -2.03. The van der Waals surface area contributed by atoms with Crippen LogP contribution >= 0.6 is 23.2 Å². The molecule has 1 aromatic heterocycles. The molecule has 1 heterocycles. The third-order valence-electron chi connectivity index (χ3n) is 4.29. The van der Waals surface area contributed by atoms with E-state index in [1.165, 1.54) is 6.08 Å². The van der Waals surface area contributed by atoms with Gasteiger partial charge in [0.25, 0.3) is 0 Å². The third-order valence-corrected chi connectivity index (χ3v) is 4.92. The van der Waals surface area contributed by atoms with E-state index in [2.05, 4.69) is 0 Å². The highest BCUT2D eigenvalue weighted by Crippen LogP contribution is 2.35. The van der Waals surface area contributed by atoms with Crippen molar-refractivity contribution in [3.63, 3.8) is 0 Å². The zero-order chi connectivity index (χ0) is 18.8. The lowest BCUT2D eigenvalue weighted by Crippen LogP contribution is -1.95. The van der Waals surface area contributed by atoms with Crippen molar-refractivity contribution >= 4 is 45.8 Å². The fourth-order valence-electron chi connectivity index (χ4n) is 3.00. The van der Waals surface area contributed by atoms with Gasteiger partial charge in [-0.05, 0) is 47.2 Å². The van der Waals surface area contributed by atoms with Crippen LogP contribution in [-0.2, 0) is 0 Å². The molecular weight excluding hydrogens is 379 g/mol. The number of carbonyl (C=O) groups is 1. The first-order valence-electron chi connectivity index (χ1n) is 8.38. The first-order valence-corrected chi connectivity index (χ1v) is 9.13. The smallest absolute Gasteiger partial charge is 0.186 e. The Balaban J connectivity index is 1.62. The van der Waals surface area contributed by atoms with Gasteiger partial charge in [0.1, 0.15) is 11.5 Å². The monoisotopic (exact) mass is 392 g/mol. The second kappa shape index (κ2) is 7.43. The zero-order valence-electron chi connectivity index (χ0n) is 14.2. The van der Waals surface area contributed by atoms with Crippen molar-refractivity contribution in [3.8, 4) is 11.3 Å². The minimum absolute atomic E-state index is 0.0828. The molecule has 0 fully saturated rings. The Bertz CT molecular complexity index is 1150. The van der Waals surface area contributed by atoms with Gasteiger partial charge in [0.2, 0.25) is 0 Å². The number of halogens is 2. The molecule has 0 spiro atoms. The third kappa shape index (κ3) is 3.55. The van der Waals surface area contributed by atoms with Crippen LogP contribution in [0.5, 0.6) is 0 Å². The van der Waals surface area contributed by atoms with Gasteiger partial charge in [0, 0.05) is 5.56 Å². The van der Waals surface area contributed by atoms with Gasteiger partial charge in [-0.15, -0.1) is 0 Å². The van der Waals surface area contributed by atoms with E-state index in [9.17, 15) is 4.79 Å². The maximum Gasteiger partial charge on any atom is 0.186 e. The zero-order valence-corrected chi connectivity index (χ0v) is 15.7. The molecule has 27 heavy (non-hydrogen) atoms. The van der Waals surface area contributed by atoms with E-state index >= 15 is 0 Å².